The molecule has 1 atom stereocenters. The molecule has 2 heterocycles. The minimum Gasteiger partial charge on any atom is -0.481 e. The minimum absolute atomic E-state index is 0. The van der Waals surface area contributed by atoms with Gasteiger partial charge in [-0.05, 0) is 55.8 Å². The van der Waals surface area contributed by atoms with E-state index in [2.05, 4.69) is 10.6 Å². The summed E-state index contributed by atoms with van der Waals surface area (Å²) in [6.07, 6.45) is 4.13. The molecular weight excluding hydrogens is 354 g/mol. The first-order chi connectivity index (χ1) is 12.1. The van der Waals surface area contributed by atoms with Crippen LogP contribution in [0.5, 0.6) is 0 Å². The number of piperidine rings is 1. The maximum absolute atomic E-state index is 12.2. The van der Waals surface area contributed by atoms with Crippen LogP contribution in [-0.2, 0) is 11.2 Å². The fourth-order valence-corrected chi connectivity index (χ4v) is 3.74. The lowest BCUT2D eigenvalue weighted by Crippen LogP contribution is -2.34. The van der Waals surface area contributed by atoms with E-state index in [0.717, 1.165) is 37.2 Å². The van der Waals surface area contributed by atoms with Crippen molar-refractivity contribution in [2.75, 3.05) is 26.2 Å². The van der Waals surface area contributed by atoms with Crippen molar-refractivity contribution in [3.8, 4) is 0 Å². The van der Waals surface area contributed by atoms with Crippen molar-refractivity contribution >= 4 is 24.4 Å². The van der Waals surface area contributed by atoms with Gasteiger partial charge in [-0.2, -0.15) is 0 Å². The summed E-state index contributed by atoms with van der Waals surface area (Å²) < 4.78 is 0. The summed E-state index contributed by atoms with van der Waals surface area (Å²) in [6.45, 7) is 3.59. The van der Waals surface area contributed by atoms with Crippen molar-refractivity contribution in [3.05, 3.63) is 35.4 Å². The largest absolute Gasteiger partial charge is 0.481 e. The van der Waals surface area contributed by atoms with E-state index in [0.29, 0.717) is 18.9 Å². The molecule has 2 saturated heterocycles. The Bertz CT molecular complexity index is 603. The number of nitrogens with one attached hydrogen (secondary N) is 2. The predicted molar refractivity (Wildman–Crippen MR) is 103 cm³/mol. The normalized spacial score (nSPS) is 20.5. The first-order valence-corrected chi connectivity index (χ1v) is 9.19. The molecule has 144 valence electrons. The van der Waals surface area contributed by atoms with Crippen LogP contribution in [-0.4, -0.2) is 48.2 Å². The predicted octanol–water partition coefficient (Wildman–Crippen LogP) is 2.58. The van der Waals surface area contributed by atoms with E-state index in [1.165, 1.54) is 12.8 Å². The molecular formula is C19H28ClN3O3. The van der Waals surface area contributed by atoms with Crippen LogP contribution in [0.2, 0.25) is 0 Å². The first kappa shape index (κ1) is 20.5. The van der Waals surface area contributed by atoms with E-state index in [9.17, 15) is 9.59 Å². The number of amides is 2. The van der Waals surface area contributed by atoms with Gasteiger partial charge in [0.15, 0.2) is 0 Å². The lowest BCUT2D eigenvalue weighted by molar-refractivity contribution is -0.136. The average molecular weight is 382 g/mol. The molecule has 2 fully saturated rings. The first-order valence-electron chi connectivity index (χ1n) is 9.19. The molecule has 0 radical (unpaired) electrons. The van der Waals surface area contributed by atoms with E-state index in [-0.39, 0.29) is 30.9 Å². The molecule has 1 aromatic rings. The maximum Gasteiger partial charge on any atom is 0.318 e. The molecule has 1 unspecified atom stereocenters. The second-order valence-electron chi connectivity index (χ2n) is 7.01. The number of carboxylic acid groups (broad SMARTS) is 1. The van der Waals surface area contributed by atoms with Crippen LogP contribution in [0.4, 0.5) is 4.79 Å². The highest BCUT2D eigenvalue weighted by Crippen LogP contribution is 2.27. The molecule has 0 bridgehead atoms. The van der Waals surface area contributed by atoms with Gasteiger partial charge in [0, 0.05) is 19.5 Å². The molecule has 0 saturated carbocycles. The number of benzene rings is 1. The maximum atomic E-state index is 12.2. The number of carbonyl (C=O) groups is 2. The van der Waals surface area contributed by atoms with Crippen molar-refractivity contribution in [2.45, 2.75) is 38.1 Å². The zero-order valence-corrected chi connectivity index (χ0v) is 15.8. The molecule has 7 heteroatoms. The van der Waals surface area contributed by atoms with Gasteiger partial charge < -0.3 is 20.6 Å². The molecule has 3 rings (SSSR count). The third kappa shape index (κ3) is 5.35. The highest BCUT2D eigenvalue weighted by molar-refractivity contribution is 5.85. The van der Waals surface area contributed by atoms with Gasteiger partial charge >= 0.3 is 12.0 Å². The summed E-state index contributed by atoms with van der Waals surface area (Å²) >= 11 is 0. The quantitative estimate of drug-likeness (QED) is 0.678. The van der Waals surface area contributed by atoms with Crippen molar-refractivity contribution in [2.24, 2.45) is 5.92 Å². The van der Waals surface area contributed by atoms with E-state index in [4.69, 9.17) is 5.11 Å². The van der Waals surface area contributed by atoms with Crippen LogP contribution in [0.15, 0.2) is 24.3 Å². The SMILES string of the molecule is Cl.O=C(O)CCc1ccc(C2CNC(=O)N2CCC2CCNCC2)cc1. The summed E-state index contributed by atoms with van der Waals surface area (Å²) in [5.41, 5.74) is 2.13. The number of hydrogen-bond acceptors (Lipinski definition) is 3. The Kier molecular flexibility index (Phi) is 7.72. The Morgan fingerprint density at radius 2 is 1.88 bits per heavy atom. The summed E-state index contributed by atoms with van der Waals surface area (Å²) in [7, 11) is 0. The molecule has 2 aliphatic rings. The zero-order chi connectivity index (χ0) is 17.6. The lowest BCUT2D eigenvalue weighted by Gasteiger charge is -2.28. The summed E-state index contributed by atoms with van der Waals surface area (Å²) in [4.78, 5) is 24.8. The van der Waals surface area contributed by atoms with Gasteiger partial charge in [-0.1, -0.05) is 24.3 Å². The Balaban J connectivity index is 0.00000243. The van der Waals surface area contributed by atoms with Crippen molar-refractivity contribution in [1.29, 1.82) is 0 Å². The van der Waals surface area contributed by atoms with Gasteiger partial charge in [0.25, 0.3) is 0 Å². The summed E-state index contributed by atoms with van der Waals surface area (Å²) in [5.74, 6) is -0.0764. The molecule has 2 amide bonds. The van der Waals surface area contributed by atoms with Crippen LogP contribution in [0, 0.1) is 5.92 Å². The van der Waals surface area contributed by atoms with Crippen LogP contribution >= 0.6 is 12.4 Å². The Morgan fingerprint density at radius 1 is 1.19 bits per heavy atom. The number of aryl methyl sites for hydroxylation is 1. The summed E-state index contributed by atoms with van der Waals surface area (Å²) in [5, 5.41) is 15.1. The number of carbonyl (C=O) groups excluding carboxylic acids is 1. The van der Waals surface area contributed by atoms with Crippen LogP contribution in [0.25, 0.3) is 0 Å². The van der Waals surface area contributed by atoms with E-state index in [1.807, 2.05) is 29.2 Å². The Hall–Kier alpha value is -1.79. The average Bonchev–Trinajstić information content (AvgIpc) is 3.00. The molecule has 6 nitrogen and oxygen atoms in total. The number of carboxylic acids is 1. The van der Waals surface area contributed by atoms with Crippen LogP contribution in [0.3, 0.4) is 0 Å². The molecule has 0 aromatic heterocycles. The van der Waals surface area contributed by atoms with Crippen LogP contribution < -0.4 is 10.6 Å². The fraction of sp³-hybridized carbons (Fsp3) is 0.579. The minimum atomic E-state index is -0.779. The molecule has 0 spiro atoms. The standard InChI is InChI=1S/C19H27N3O3.ClH/c23-18(24)6-3-14-1-4-16(5-2-14)17-13-21-19(25)22(17)12-9-15-7-10-20-11-8-15;/h1-2,4-5,15,17,20H,3,6-13H2,(H,21,25)(H,23,24);1H. The van der Waals surface area contributed by atoms with Crippen molar-refractivity contribution < 1.29 is 14.7 Å². The fourth-order valence-electron chi connectivity index (χ4n) is 3.74. The van der Waals surface area contributed by atoms with Gasteiger partial charge in [0.2, 0.25) is 0 Å². The Labute approximate surface area is 160 Å². The molecule has 3 N–H and O–H groups in total. The van der Waals surface area contributed by atoms with E-state index >= 15 is 0 Å². The van der Waals surface area contributed by atoms with Gasteiger partial charge in [-0.15, -0.1) is 12.4 Å². The van der Waals surface area contributed by atoms with Gasteiger partial charge in [-0.3, -0.25) is 4.79 Å². The topological polar surface area (TPSA) is 81.7 Å². The van der Waals surface area contributed by atoms with Crippen molar-refractivity contribution in [1.82, 2.24) is 15.5 Å². The third-order valence-electron chi connectivity index (χ3n) is 5.31. The van der Waals surface area contributed by atoms with Gasteiger partial charge in [-0.25, -0.2) is 4.79 Å². The summed E-state index contributed by atoms with van der Waals surface area (Å²) in [6, 6.07) is 8.11. The third-order valence-corrected chi connectivity index (χ3v) is 5.31. The number of urea groups is 1. The molecule has 0 aliphatic carbocycles. The van der Waals surface area contributed by atoms with Crippen molar-refractivity contribution in [3.63, 3.8) is 0 Å². The number of nitrogens with zero attached hydrogens (tertiary/aromatic N) is 1. The van der Waals surface area contributed by atoms with Gasteiger partial charge in [0.1, 0.15) is 0 Å². The molecule has 26 heavy (non-hydrogen) atoms. The van der Waals surface area contributed by atoms with Crippen LogP contribution in [0.1, 0.15) is 42.9 Å². The van der Waals surface area contributed by atoms with Gasteiger partial charge in [0.05, 0.1) is 6.04 Å². The second kappa shape index (κ2) is 9.78. The number of rotatable bonds is 7. The number of aliphatic carboxylic acids is 1. The van der Waals surface area contributed by atoms with E-state index < -0.39 is 5.97 Å². The van der Waals surface area contributed by atoms with E-state index in [1.54, 1.807) is 0 Å². The zero-order valence-electron chi connectivity index (χ0n) is 14.9. The highest BCUT2D eigenvalue weighted by atomic mass is 35.5. The molecule has 2 aliphatic heterocycles. The number of hydrogen-bond donors (Lipinski definition) is 3. The second-order valence-corrected chi connectivity index (χ2v) is 7.01. The highest BCUT2D eigenvalue weighted by Gasteiger charge is 2.32. The smallest absolute Gasteiger partial charge is 0.318 e. The monoisotopic (exact) mass is 381 g/mol. The number of halogens is 1. The lowest BCUT2D eigenvalue weighted by atomic mass is 9.94. The Morgan fingerprint density at radius 3 is 2.54 bits per heavy atom. The molecule has 1 aromatic carbocycles.